The SMILES string of the molecule is CC(=O)N(C)c1c(I)c(-c2cc([N+](=O)[O-])c(C(=O)O)c([N+](=O)[O-])c2)c(I)c(N(C)C(C)=O)c1I. The van der Waals surface area contributed by atoms with Gasteiger partial charge in [0, 0.05) is 52.8 Å². The number of carboxylic acid groups (broad SMARTS) is 1. The third-order valence-electron chi connectivity index (χ3n) is 4.88. The Bertz CT molecular complexity index is 1200. The molecule has 0 fully saturated rings. The maximum atomic E-state index is 12.2. The van der Waals surface area contributed by atoms with Gasteiger partial charge in [0.1, 0.15) is 0 Å². The molecule has 15 heteroatoms. The Morgan fingerprint density at radius 1 is 0.824 bits per heavy atom. The predicted molar refractivity (Wildman–Crippen MR) is 148 cm³/mol. The van der Waals surface area contributed by atoms with Crippen LogP contribution in [-0.4, -0.2) is 46.8 Å². The van der Waals surface area contributed by atoms with E-state index < -0.39 is 32.8 Å². The number of nitrogens with zero attached hydrogens (tertiary/aromatic N) is 4. The van der Waals surface area contributed by atoms with Gasteiger partial charge in [-0.1, -0.05) is 0 Å². The quantitative estimate of drug-likeness (QED) is 0.251. The summed E-state index contributed by atoms with van der Waals surface area (Å²) < 4.78 is 1.39. The molecule has 0 aliphatic heterocycles. The van der Waals surface area contributed by atoms with Crippen molar-refractivity contribution in [3.05, 3.63) is 48.6 Å². The fourth-order valence-electron chi connectivity index (χ4n) is 3.06. The van der Waals surface area contributed by atoms with Crippen LogP contribution in [0.15, 0.2) is 12.1 Å². The van der Waals surface area contributed by atoms with Gasteiger partial charge >= 0.3 is 5.97 Å². The van der Waals surface area contributed by atoms with Gasteiger partial charge in [-0.2, -0.15) is 0 Å². The van der Waals surface area contributed by atoms with E-state index in [0.29, 0.717) is 22.1 Å². The maximum absolute atomic E-state index is 12.2. The van der Waals surface area contributed by atoms with Crippen LogP contribution in [0.25, 0.3) is 11.1 Å². The minimum absolute atomic E-state index is 0.00926. The molecule has 34 heavy (non-hydrogen) atoms. The molecule has 0 saturated heterocycles. The van der Waals surface area contributed by atoms with Crippen molar-refractivity contribution in [3.8, 4) is 11.1 Å². The lowest BCUT2D eigenvalue weighted by molar-refractivity contribution is -0.394. The molecule has 0 spiro atoms. The number of carbonyl (C=O) groups excluding carboxylic acids is 2. The summed E-state index contributed by atoms with van der Waals surface area (Å²) in [5.74, 6) is -2.49. The van der Waals surface area contributed by atoms with E-state index in [0.717, 1.165) is 12.1 Å². The molecule has 2 aromatic rings. The van der Waals surface area contributed by atoms with E-state index in [-0.39, 0.29) is 22.9 Å². The molecule has 2 amide bonds. The van der Waals surface area contributed by atoms with Crippen molar-refractivity contribution < 1.29 is 29.3 Å². The molecule has 0 heterocycles. The highest BCUT2D eigenvalue weighted by Crippen LogP contribution is 2.47. The molecule has 0 bridgehead atoms. The first-order chi connectivity index (χ1) is 15.6. The fourth-order valence-corrected chi connectivity index (χ4v) is 8.29. The van der Waals surface area contributed by atoms with E-state index in [2.05, 4.69) is 0 Å². The number of anilines is 2. The van der Waals surface area contributed by atoms with Crippen LogP contribution in [0.3, 0.4) is 0 Å². The highest BCUT2D eigenvalue weighted by Gasteiger charge is 2.34. The third-order valence-corrected chi connectivity index (χ3v) is 8.00. The molecule has 0 unspecified atom stereocenters. The zero-order chi connectivity index (χ0) is 26.2. The first-order valence-electron chi connectivity index (χ1n) is 9.02. The van der Waals surface area contributed by atoms with Crippen molar-refractivity contribution in [2.24, 2.45) is 0 Å². The normalized spacial score (nSPS) is 10.6. The number of amides is 2. The Kier molecular flexibility index (Phi) is 8.77. The van der Waals surface area contributed by atoms with E-state index in [1.165, 1.54) is 37.7 Å². The molecule has 0 radical (unpaired) electrons. The van der Waals surface area contributed by atoms with Gasteiger partial charge in [0.2, 0.25) is 17.4 Å². The smallest absolute Gasteiger partial charge is 0.349 e. The van der Waals surface area contributed by atoms with Crippen LogP contribution in [0.1, 0.15) is 24.2 Å². The van der Waals surface area contributed by atoms with Crippen LogP contribution in [0.2, 0.25) is 0 Å². The summed E-state index contributed by atoms with van der Waals surface area (Å²) in [6.45, 7) is 2.66. The van der Waals surface area contributed by atoms with Crippen molar-refractivity contribution in [1.29, 1.82) is 0 Å². The topological polar surface area (TPSA) is 164 Å². The first-order valence-corrected chi connectivity index (χ1v) is 12.3. The monoisotopic (exact) mass is 808 g/mol. The van der Waals surface area contributed by atoms with E-state index in [1.807, 2.05) is 67.8 Å². The van der Waals surface area contributed by atoms with Gasteiger partial charge in [-0.25, -0.2) is 4.79 Å². The van der Waals surface area contributed by atoms with Gasteiger partial charge in [0.15, 0.2) is 0 Å². The lowest BCUT2D eigenvalue weighted by atomic mass is 9.99. The fraction of sp³-hybridized carbons (Fsp3) is 0.211. The minimum Gasteiger partial charge on any atom is -0.477 e. The molecule has 2 rings (SSSR count). The lowest BCUT2D eigenvalue weighted by Gasteiger charge is -2.28. The number of hydrogen-bond donors (Lipinski definition) is 1. The standard InChI is InChI=1S/C19H15I3N4O8/c1-7(27)23(3)17-14(20)12(15(21)18(16(17)22)24(4)8(2)28)9-5-10(25(31)32)13(19(29)30)11(6-9)26(33)34/h5-6H,1-4H3,(H,29,30). The molecule has 1 N–H and O–H groups in total. The molecule has 180 valence electrons. The summed E-state index contributed by atoms with van der Waals surface area (Å²) >= 11 is 5.82. The molecular formula is C19H15I3N4O8. The van der Waals surface area contributed by atoms with Crippen LogP contribution in [0, 0.1) is 30.9 Å². The molecule has 0 saturated carbocycles. The molecular weight excluding hydrogens is 793 g/mol. The Morgan fingerprint density at radius 3 is 1.44 bits per heavy atom. The van der Waals surface area contributed by atoms with E-state index in [1.54, 1.807) is 0 Å². The highest BCUT2D eigenvalue weighted by molar-refractivity contribution is 14.1. The van der Waals surface area contributed by atoms with Crippen molar-refractivity contribution in [1.82, 2.24) is 0 Å². The minimum atomic E-state index is -1.81. The third kappa shape index (κ3) is 5.09. The summed E-state index contributed by atoms with van der Waals surface area (Å²) in [6.07, 6.45) is 0. The zero-order valence-corrected chi connectivity index (χ0v) is 24.4. The van der Waals surface area contributed by atoms with Gasteiger partial charge in [-0.05, 0) is 73.3 Å². The maximum Gasteiger partial charge on any atom is 0.349 e. The summed E-state index contributed by atoms with van der Waals surface area (Å²) in [4.78, 5) is 59.9. The summed E-state index contributed by atoms with van der Waals surface area (Å²) in [6, 6.07) is 1.89. The number of benzene rings is 2. The molecule has 0 aliphatic carbocycles. The molecule has 12 nitrogen and oxygen atoms in total. The van der Waals surface area contributed by atoms with Crippen molar-refractivity contribution >= 4 is 108 Å². The molecule has 2 aromatic carbocycles. The van der Waals surface area contributed by atoms with Crippen LogP contribution >= 0.6 is 67.8 Å². The van der Waals surface area contributed by atoms with Crippen LogP contribution in [0.5, 0.6) is 0 Å². The van der Waals surface area contributed by atoms with Crippen LogP contribution < -0.4 is 9.80 Å². The highest BCUT2D eigenvalue weighted by atomic mass is 127. The van der Waals surface area contributed by atoms with Gasteiger partial charge in [-0.3, -0.25) is 29.8 Å². The van der Waals surface area contributed by atoms with E-state index >= 15 is 0 Å². The van der Waals surface area contributed by atoms with Crippen LogP contribution in [0.4, 0.5) is 22.7 Å². The number of aromatic carboxylic acids is 1. The van der Waals surface area contributed by atoms with Crippen LogP contribution in [-0.2, 0) is 9.59 Å². The van der Waals surface area contributed by atoms with E-state index in [9.17, 15) is 39.7 Å². The number of carboxylic acids is 1. The number of nitro groups is 2. The molecule has 0 atom stereocenters. The Morgan fingerprint density at radius 2 is 1.18 bits per heavy atom. The second-order valence-electron chi connectivity index (χ2n) is 6.88. The average Bonchev–Trinajstić information content (AvgIpc) is 2.72. The number of nitro benzene ring substituents is 2. The van der Waals surface area contributed by atoms with Crippen molar-refractivity contribution in [2.75, 3.05) is 23.9 Å². The average molecular weight is 808 g/mol. The van der Waals surface area contributed by atoms with Gasteiger partial charge in [-0.15, -0.1) is 0 Å². The summed E-state index contributed by atoms with van der Waals surface area (Å²) in [5.41, 5.74) is -1.91. The Hall–Kier alpha value is -2.16. The lowest BCUT2D eigenvalue weighted by Crippen LogP contribution is -2.29. The van der Waals surface area contributed by atoms with E-state index in [4.69, 9.17) is 0 Å². The zero-order valence-electron chi connectivity index (χ0n) is 17.9. The predicted octanol–water partition coefficient (Wildman–Crippen LogP) is 4.65. The van der Waals surface area contributed by atoms with Gasteiger partial charge in [0.05, 0.1) is 24.8 Å². The van der Waals surface area contributed by atoms with Gasteiger partial charge < -0.3 is 14.9 Å². The van der Waals surface area contributed by atoms with Gasteiger partial charge in [0.25, 0.3) is 11.4 Å². The van der Waals surface area contributed by atoms with Crippen molar-refractivity contribution in [2.45, 2.75) is 13.8 Å². The number of carbonyl (C=O) groups is 3. The number of rotatable bonds is 6. The Balaban J connectivity index is 3.17. The summed E-state index contributed by atoms with van der Waals surface area (Å²) in [7, 11) is 3.02. The summed E-state index contributed by atoms with van der Waals surface area (Å²) in [5, 5.41) is 32.7. The Labute approximate surface area is 233 Å². The largest absolute Gasteiger partial charge is 0.477 e. The number of hydrogen-bond acceptors (Lipinski definition) is 7. The first kappa shape index (κ1) is 28.1. The second kappa shape index (κ2) is 10.6. The molecule has 0 aromatic heterocycles. The molecule has 0 aliphatic rings. The number of halogens is 3. The second-order valence-corrected chi connectivity index (χ2v) is 10.1. The van der Waals surface area contributed by atoms with Crippen molar-refractivity contribution in [3.63, 3.8) is 0 Å².